The summed E-state index contributed by atoms with van der Waals surface area (Å²) >= 11 is 0. The average Bonchev–Trinajstić information content (AvgIpc) is 2.45. The second kappa shape index (κ2) is 10.4. The van der Waals surface area contributed by atoms with Crippen molar-refractivity contribution in [2.45, 2.75) is 27.2 Å². The Hall–Kier alpha value is -2.29. The SMILES string of the molecule is C=C(C)/C=C(/OCCOC(C)=O)C(=C)C(=C)/C=C\C(=C)CC. The van der Waals surface area contributed by atoms with Gasteiger partial charge in [0.25, 0.3) is 0 Å². The Morgan fingerprint density at radius 1 is 1.00 bits per heavy atom. The first-order valence-electron chi connectivity index (χ1n) is 7.15. The van der Waals surface area contributed by atoms with Crippen LogP contribution in [0.4, 0.5) is 0 Å². The Kier molecular flexibility index (Phi) is 9.35. The zero-order valence-corrected chi connectivity index (χ0v) is 13.9. The summed E-state index contributed by atoms with van der Waals surface area (Å²) in [4.78, 5) is 10.7. The zero-order chi connectivity index (χ0) is 17.1. The van der Waals surface area contributed by atoms with Crippen LogP contribution in [0.25, 0.3) is 0 Å². The van der Waals surface area contributed by atoms with Gasteiger partial charge in [0, 0.05) is 12.5 Å². The number of rotatable bonds is 10. The van der Waals surface area contributed by atoms with E-state index < -0.39 is 0 Å². The van der Waals surface area contributed by atoms with Gasteiger partial charge in [-0.15, -0.1) is 0 Å². The Labute approximate surface area is 134 Å². The van der Waals surface area contributed by atoms with Gasteiger partial charge in [0.15, 0.2) is 0 Å². The molecule has 22 heavy (non-hydrogen) atoms. The smallest absolute Gasteiger partial charge is 0.302 e. The van der Waals surface area contributed by atoms with E-state index in [-0.39, 0.29) is 19.2 Å². The molecule has 0 fully saturated rings. The number of carbonyl (C=O) groups is 1. The lowest BCUT2D eigenvalue weighted by Gasteiger charge is -2.14. The summed E-state index contributed by atoms with van der Waals surface area (Å²) in [7, 11) is 0. The molecule has 3 heteroatoms. The lowest BCUT2D eigenvalue weighted by Crippen LogP contribution is -2.08. The number of ether oxygens (including phenoxy) is 2. The first-order chi connectivity index (χ1) is 10.3. The Bertz CT molecular complexity index is 519. The van der Waals surface area contributed by atoms with Crippen molar-refractivity contribution in [2.75, 3.05) is 13.2 Å². The molecule has 0 aromatic rings. The van der Waals surface area contributed by atoms with Crippen LogP contribution in [0.15, 0.2) is 72.6 Å². The van der Waals surface area contributed by atoms with E-state index in [1.165, 1.54) is 6.92 Å². The summed E-state index contributed by atoms with van der Waals surface area (Å²) in [6.07, 6.45) is 6.42. The maximum Gasteiger partial charge on any atom is 0.302 e. The van der Waals surface area contributed by atoms with Crippen LogP contribution >= 0.6 is 0 Å². The summed E-state index contributed by atoms with van der Waals surface area (Å²) in [5, 5.41) is 0. The largest absolute Gasteiger partial charge is 0.489 e. The highest BCUT2D eigenvalue weighted by molar-refractivity contribution is 5.65. The maximum absolute atomic E-state index is 10.7. The third-order valence-electron chi connectivity index (χ3n) is 2.68. The summed E-state index contributed by atoms with van der Waals surface area (Å²) in [5.41, 5.74) is 3.23. The van der Waals surface area contributed by atoms with Gasteiger partial charge in [-0.3, -0.25) is 4.79 Å². The Morgan fingerprint density at radius 3 is 2.09 bits per heavy atom. The molecule has 0 heterocycles. The molecule has 0 bridgehead atoms. The number of esters is 1. The van der Waals surface area contributed by atoms with E-state index in [9.17, 15) is 4.79 Å². The first-order valence-corrected chi connectivity index (χ1v) is 7.15. The van der Waals surface area contributed by atoms with Crippen LogP contribution in [-0.4, -0.2) is 19.2 Å². The lowest BCUT2D eigenvalue weighted by molar-refractivity contribution is -0.142. The molecule has 0 rings (SSSR count). The van der Waals surface area contributed by atoms with Crippen molar-refractivity contribution in [3.05, 3.63) is 72.6 Å². The Balaban J connectivity index is 4.81. The molecule has 0 aliphatic carbocycles. The van der Waals surface area contributed by atoms with E-state index in [2.05, 4.69) is 26.3 Å². The molecule has 3 nitrogen and oxygen atoms in total. The monoisotopic (exact) mass is 302 g/mol. The van der Waals surface area contributed by atoms with Crippen molar-refractivity contribution in [2.24, 2.45) is 0 Å². The lowest BCUT2D eigenvalue weighted by atomic mass is 10.0. The summed E-state index contributed by atoms with van der Waals surface area (Å²) < 4.78 is 10.5. The predicted octanol–water partition coefficient (Wildman–Crippen LogP) is 4.66. The van der Waals surface area contributed by atoms with Crippen LogP contribution in [0.5, 0.6) is 0 Å². The molecule has 0 aliphatic rings. The molecule has 0 aromatic heterocycles. The molecule has 0 saturated heterocycles. The van der Waals surface area contributed by atoms with Gasteiger partial charge in [-0.1, -0.05) is 56.5 Å². The molecular formula is C19H26O3. The van der Waals surface area contributed by atoms with Gasteiger partial charge in [-0.25, -0.2) is 0 Å². The van der Waals surface area contributed by atoms with Crippen molar-refractivity contribution < 1.29 is 14.3 Å². The molecule has 0 amide bonds. The molecule has 0 N–H and O–H groups in total. The summed E-state index contributed by atoms with van der Waals surface area (Å²) in [5.74, 6) is 0.231. The fourth-order valence-electron chi connectivity index (χ4n) is 1.37. The first kappa shape index (κ1) is 19.7. The quantitative estimate of drug-likeness (QED) is 0.255. The maximum atomic E-state index is 10.7. The molecular weight excluding hydrogens is 276 g/mol. The molecule has 0 aliphatic heterocycles. The van der Waals surface area contributed by atoms with E-state index in [1.54, 1.807) is 6.08 Å². The fourth-order valence-corrected chi connectivity index (χ4v) is 1.37. The van der Waals surface area contributed by atoms with Gasteiger partial charge in [-0.05, 0) is 25.0 Å². The minimum Gasteiger partial charge on any atom is -0.489 e. The minimum atomic E-state index is -0.335. The van der Waals surface area contributed by atoms with Crippen LogP contribution in [0.2, 0.25) is 0 Å². The molecule has 0 atom stereocenters. The summed E-state index contributed by atoms with van der Waals surface area (Å²) in [6, 6.07) is 0. The van der Waals surface area contributed by atoms with Crippen molar-refractivity contribution in [1.82, 2.24) is 0 Å². The number of hydrogen-bond donors (Lipinski definition) is 0. The second-order valence-electron chi connectivity index (χ2n) is 4.89. The fraction of sp³-hybridized carbons (Fsp3) is 0.316. The molecule has 0 saturated carbocycles. The van der Waals surface area contributed by atoms with Gasteiger partial charge in [0.05, 0.1) is 0 Å². The standard InChI is InChI=1S/C19H26O3/c1-8-15(4)9-10-16(5)17(6)19(13-14(2)3)22-12-11-21-18(7)20/h9-10,13H,2,4-6,8,11-12H2,1,3,7H3/b10-9-,19-13+. The molecule has 0 spiro atoms. The highest BCUT2D eigenvalue weighted by Gasteiger charge is 2.07. The van der Waals surface area contributed by atoms with Gasteiger partial charge in [-0.2, -0.15) is 0 Å². The number of carbonyl (C=O) groups excluding carboxylic acids is 1. The molecule has 0 unspecified atom stereocenters. The van der Waals surface area contributed by atoms with E-state index in [0.717, 1.165) is 23.1 Å². The number of allylic oxidation sites excluding steroid dienone is 6. The average molecular weight is 302 g/mol. The van der Waals surface area contributed by atoms with Crippen LogP contribution in [0.1, 0.15) is 27.2 Å². The van der Waals surface area contributed by atoms with Crippen LogP contribution < -0.4 is 0 Å². The van der Waals surface area contributed by atoms with Gasteiger partial charge in [0.2, 0.25) is 0 Å². The van der Waals surface area contributed by atoms with Crippen molar-refractivity contribution in [1.29, 1.82) is 0 Å². The predicted molar refractivity (Wildman–Crippen MR) is 92.3 cm³/mol. The van der Waals surface area contributed by atoms with Crippen LogP contribution in [0.3, 0.4) is 0 Å². The number of hydrogen-bond acceptors (Lipinski definition) is 3. The van der Waals surface area contributed by atoms with Crippen LogP contribution in [-0.2, 0) is 14.3 Å². The van der Waals surface area contributed by atoms with Gasteiger partial charge in [0.1, 0.15) is 19.0 Å². The van der Waals surface area contributed by atoms with E-state index in [0.29, 0.717) is 11.3 Å². The highest BCUT2D eigenvalue weighted by Crippen LogP contribution is 2.20. The van der Waals surface area contributed by atoms with E-state index in [1.807, 2.05) is 26.0 Å². The van der Waals surface area contributed by atoms with Gasteiger partial charge >= 0.3 is 5.97 Å². The highest BCUT2D eigenvalue weighted by atomic mass is 16.6. The third-order valence-corrected chi connectivity index (χ3v) is 2.68. The third kappa shape index (κ3) is 8.80. The van der Waals surface area contributed by atoms with Crippen LogP contribution in [0, 0.1) is 0 Å². The van der Waals surface area contributed by atoms with Crippen molar-refractivity contribution >= 4 is 5.97 Å². The van der Waals surface area contributed by atoms with E-state index >= 15 is 0 Å². The molecule has 0 radical (unpaired) electrons. The second-order valence-corrected chi connectivity index (χ2v) is 4.89. The summed E-state index contributed by atoms with van der Waals surface area (Å²) in [6.45, 7) is 21.4. The topological polar surface area (TPSA) is 35.5 Å². The normalized spacial score (nSPS) is 11.1. The van der Waals surface area contributed by atoms with Crippen molar-refractivity contribution in [3.63, 3.8) is 0 Å². The molecule has 120 valence electrons. The van der Waals surface area contributed by atoms with Crippen molar-refractivity contribution in [3.8, 4) is 0 Å². The van der Waals surface area contributed by atoms with E-state index in [4.69, 9.17) is 9.47 Å². The Morgan fingerprint density at radius 2 is 1.59 bits per heavy atom. The van der Waals surface area contributed by atoms with Gasteiger partial charge < -0.3 is 9.47 Å². The zero-order valence-electron chi connectivity index (χ0n) is 13.9. The minimum absolute atomic E-state index is 0.186. The molecule has 0 aromatic carbocycles.